The molecule has 1 saturated heterocycles. The van der Waals surface area contributed by atoms with Crippen molar-refractivity contribution in [2.45, 2.75) is 31.1 Å². The van der Waals surface area contributed by atoms with Crippen LogP contribution in [0, 0.1) is 0 Å². The summed E-state index contributed by atoms with van der Waals surface area (Å²) in [5.41, 5.74) is -1.19. The molecule has 3 aromatic rings. The summed E-state index contributed by atoms with van der Waals surface area (Å²) in [7, 11) is 0. The molecule has 2 unspecified atom stereocenters. The Labute approximate surface area is 218 Å². The molecule has 3 heterocycles. The minimum atomic E-state index is -4.54. The van der Waals surface area contributed by atoms with Gasteiger partial charge >= 0.3 is 6.18 Å². The fraction of sp³-hybridized carbons (Fsp3) is 0.292. The average Bonchev–Trinajstić information content (AvgIpc) is 3.35. The molecule has 4 rings (SSSR count). The van der Waals surface area contributed by atoms with Crippen LogP contribution in [0.2, 0.25) is 0 Å². The quantitative estimate of drug-likeness (QED) is 0.385. The average molecular weight is 579 g/mol. The van der Waals surface area contributed by atoms with E-state index in [2.05, 4.69) is 46.8 Å². The number of carbonyl (C=O) groups is 2. The molecule has 9 nitrogen and oxygen atoms in total. The van der Waals surface area contributed by atoms with Gasteiger partial charge in [-0.2, -0.15) is 13.2 Å². The van der Waals surface area contributed by atoms with Gasteiger partial charge in [-0.1, -0.05) is 15.9 Å². The van der Waals surface area contributed by atoms with E-state index >= 15 is 0 Å². The first kappa shape index (κ1) is 26.5. The lowest BCUT2D eigenvalue weighted by atomic mass is 9.96. The molecule has 3 N–H and O–H groups in total. The van der Waals surface area contributed by atoms with Crippen LogP contribution in [-0.2, 0) is 15.7 Å². The first-order chi connectivity index (χ1) is 17.6. The van der Waals surface area contributed by atoms with Gasteiger partial charge in [0.15, 0.2) is 0 Å². The Morgan fingerprint density at radius 1 is 1.14 bits per heavy atom. The number of aromatic nitrogens is 3. The third-order valence-electron chi connectivity index (χ3n) is 5.78. The molecule has 0 saturated carbocycles. The molecule has 2 atom stereocenters. The summed E-state index contributed by atoms with van der Waals surface area (Å²) in [6, 6.07) is 6.42. The van der Waals surface area contributed by atoms with E-state index in [4.69, 9.17) is 4.74 Å². The number of pyridine rings is 1. The number of hydrogen-bond donors (Lipinski definition) is 3. The second-order valence-corrected chi connectivity index (χ2v) is 9.36. The number of amides is 2. The van der Waals surface area contributed by atoms with Crippen molar-refractivity contribution in [3.63, 3.8) is 0 Å². The zero-order valence-electron chi connectivity index (χ0n) is 19.5. The number of ether oxygens (including phenoxy) is 1. The fourth-order valence-electron chi connectivity index (χ4n) is 3.76. The normalized spacial score (nSPS) is 18.2. The lowest BCUT2D eigenvalue weighted by Gasteiger charge is -2.29. The van der Waals surface area contributed by atoms with Crippen LogP contribution in [0.15, 0.2) is 59.7 Å². The summed E-state index contributed by atoms with van der Waals surface area (Å²) < 4.78 is 45.9. The van der Waals surface area contributed by atoms with Crippen LogP contribution in [0.4, 0.5) is 24.5 Å². The molecular formula is C24H22BrF3N6O3. The lowest BCUT2D eigenvalue weighted by Crippen LogP contribution is -2.59. The van der Waals surface area contributed by atoms with E-state index in [1.54, 1.807) is 19.1 Å². The van der Waals surface area contributed by atoms with Crippen molar-refractivity contribution in [1.29, 1.82) is 0 Å². The van der Waals surface area contributed by atoms with Crippen molar-refractivity contribution in [3.05, 3.63) is 76.5 Å². The summed E-state index contributed by atoms with van der Waals surface area (Å²) in [5, 5.41) is 8.32. The summed E-state index contributed by atoms with van der Waals surface area (Å²) in [4.78, 5) is 37.8. The molecule has 2 aromatic heterocycles. The van der Waals surface area contributed by atoms with Gasteiger partial charge in [0, 0.05) is 29.9 Å². The molecule has 1 aliphatic heterocycles. The van der Waals surface area contributed by atoms with Crippen LogP contribution in [0.25, 0.3) is 0 Å². The van der Waals surface area contributed by atoms with Crippen LogP contribution in [0.5, 0.6) is 0 Å². The number of hydrogen-bond acceptors (Lipinski definition) is 7. The van der Waals surface area contributed by atoms with Crippen LogP contribution in [0.3, 0.4) is 0 Å². The highest BCUT2D eigenvalue weighted by atomic mass is 79.9. The van der Waals surface area contributed by atoms with E-state index in [0.29, 0.717) is 22.5 Å². The second-order valence-electron chi connectivity index (χ2n) is 8.45. The number of halogens is 4. The van der Waals surface area contributed by atoms with E-state index in [9.17, 15) is 22.8 Å². The Hall–Kier alpha value is -3.58. The highest BCUT2D eigenvalue weighted by molar-refractivity contribution is 9.10. The van der Waals surface area contributed by atoms with Crippen molar-refractivity contribution in [1.82, 2.24) is 25.6 Å². The topological polar surface area (TPSA) is 118 Å². The molecular weight excluding hydrogens is 557 g/mol. The molecule has 2 amide bonds. The highest BCUT2D eigenvalue weighted by Crippen LogP contribution is 2.37. The monoisotopic (exact) mass is 578 g/mol. The summed E-state index contributed by atoms with van der Waals surface area (Å²) in [6.45, 7) is 2.00. The predicted octanol–water partition coefficient (Wildman–Crippen LogP) is 4.16. The standard InChI is InChI=1S/C24H22BrF3N6O3/c1-14(32-22(36)23(6-7-37-12-23)34-21(35)15-9-29-13-30-10-15)19-5-3-17(11-31-19)33-20-4-2-16(25)8-18(20)24(26,27)28/h2-5,8-11,13-14,33H,6-7,12H2,1H3,(H,32,36)(H,34,35). The van der Waals surface area contributed by atoms with Gasteiger partial charge < -0.3 is 20.7 Å². The maximum absolute atomic E-state index is 13.4. The number of benzene rings is 1. The van der Waals surface area contributed by atoms with Gasteiger partial charge in [0.2, 0.25) is 5.91 Å². The number of nitrogens with one attached hydrogen (secondary N) is 3. The highest BCUT2D eigenvalue weighted by Gasteiger charge is 2.44. The van der Waals surface area contributed by atoms with Crippen LogP contribution >= 0.6 is 15.9 Å². The van der Waals surface area contributed by atoms with E-state index in [1.165, 1.54) is 37.1 Å². The van der Waals surface area contributed by atoms with Gasteiger partial charge in [-0.3, -0.25) is 14.6 Å². The van der Waals surface area contributed by atoms with E-state index in [0.717, 1.165) is 6.07 Å². The molecule has 194 valence electrons. The van der Waals surface area contributed by atoms with Crippen molar-refractivity contribution in [3.8, 4) is 0 Å². The van der Waals surface area contributed by atoms with E-state index in [-0.39, 0.29) is 24.3 Å². The van der Waals surface area contributed by atoms with Gasteiger partial charge in [0.25, 0.3) is 5.91 Å². The Bertz CT molecular complexity index is 1270. The minimum Gasteiger partial charge on any atom is -0.378 e. The maximum Gasteiger partial charge on any atom is 0.418 e. The number of carbonyl (C=O) groups excluding carboxylic acids is 2. The van der Waals surface area contributed by atoms with Crippen molar-refractivity contribution in [2.24, 2.45) is 0 Å². The Morgan fingerprint density at radius 2 is 1.89 bits per heavy atom. The molecule has 0 bridgehead atoms. The van der Waals surface area contributed by atoms with Crippen molar-refractivity contribution in [2.75, 3.05) is 18.5 Å². The number of anilines is 2. The maximum atomic E-state index is 13.4. The van der Waals surface area contributed by atoms with E-state index in [1.807, 2.05) is 0 Å². The number of alkyl halides is 3. The third-order valence-corrected chi connectivity index (χ3v) is 6.27. The lowest BCUT2D eigenvalue weighted by molar-refractivity contribution is -0.137. The van der Waals surface area contributed by atoms with Gasteiger partial charge in [-0.05, 0) is 37.3 Å². The van der Waals surface area contributed by atoms with Crippen LogP contribution < -0.4 is 16.0 Å². The molecule has 1 fully saturated rings. The summed E-state index contributed by atoms with van der Waals surface area (Å²) in [5.74, 6) is -0.954. The SMILES string of the molecule is CC(NC(=O)C1(NC(=O)c2cncnc2)CCOC1)c1ccc(Nc2ccc(Br)cc2C(F)(F)F)cn1. The minimum absolute atomic E-state index is 0.00397. The molecule has 13 heteroatoms. The Balaban J connectivity index is 1.44. The summed E-state index contributed by atoms with van der Waals surface area (Å²) in [6.07, 6.45) is 1.10. The zero-order chi connectivity index (χ0) is 26.6. The Morgan fingerprint density at radius 3 is 2.51 bits per heavy atom. The van der Waals surface area contributed by atoms with Gasteiger partial charge in [-0.25, -0.2) is 9.97 Å². The van der Waals surface area contributed by atoms with Gasteiger partial charge in [0.1, 0.15) is 11.9 Å². The molecule has 1 aromatic carbocycles. The smallest absolute Gasteiger partial charge is 0.378 e. The first-order valence-corrected chi connectivity index (χ1v) is 11.9. The second kappa shape index (κ2) is 10.8. The first-order valence-electron chi connectivity index (χ1n) is 11.1. The van der Waals surface area contributed by atoms with Gasteiger partial charge in [-0.15, -0.1) is 0 Å². The van der Waals surface area contributed by atoms with Gasteiger partial charge in [0.05, 0.1) is 47.0 Å². The van der Waals surface area contributed by atoms with Crippen molar-refractivity contribution < 1.29 is 27.5 Å². The Kier molecular flexibility index (Phi) is 7.73. The molecule has 1 aliphatic rings. The summed E-state index contributed by atoms with van der Waals surface area (Å²) >= 11 is 3.06. The molecule has 37 heavy (non-hydrogen) atoms. The predicted molar refractivity (Wildman–Crippen MR) is 131 cm³/mol. The van der Waals surface area contributed by atoms with Crippen LogP contribution in [-0.4, -0.2) is 45.5 Å². The number of nitrogens with zero attached hydrogens (tertiary/aromatic N) is 3. The van der Waals surface area contributed by atoms with E-state index < -0.39 is 35.1 Å². The molecule has 0 radical (unpaired) electrons. The van der Waals surface area contributed by atoms with Crippen LogP contribution in [0.1, 0.15) is 41.0 Å². The zero-order valence-corrected chi connectivity index (χ0v) is 21.1. The third kappa shape index (κ3) is 6.23. The van der Waals surface area contributed by atoms with Crippen molar-refractivity contribution >= 4 is 39.1 Å². The molecule has 0 spiro atoms. The fourth-order valence-corrected chi connectivity index (χ4v) is 4.13. The number of rotatable bonds is 7. The largest absolute Gasteiger partial charge is 0.418 e. The molecule has 0 aliphatic carbocycles.